The van der Waals surface area contributed by atoms with Crippen molar-refractivity contribution in [1.82, 2.24) is 16.0 Å². The van der Waals surface area contributed by atoms with Gasteiger partial charge >= 0.3 is 0 Å². The summed E-state index contributed by atoms with van der Waals surface area (Å²) in [6, 6.07) is 13.4. The molecule has 0 fully saturated rings. The first-order valence-electron chi connectivity index (χ1n) is 10.2. The lowest BCUT2D eigenvalue weighted by atomic mass is 10.1. The molecule has 7 nitrogen and oxygen atoms in total. The van der Waals surface area contributed by atoms with Crippen LogP contribution in [-0.4, -0.2) is 30.7 Å². The Kier molecular flexibility index (Phi) is 8.97. The van der Waals surface area contributed by atoms with Crippen LogP contribution >= 0.6 is 24.0 Å². The highest BCUT2D eigenvalue weighted by Crippen LogP contribution is 2.32. The molecule has 2 aromatic carbocycles. The van der Waals surface area contributed by atoms with Gasteiger partial charge in [-0.3, -0.25) is 4.79 Å². The summed E-state index contributed by atoms with van der Waals surface area (Å²) >= 11 is 0. The number of halogens is 1. The Labute approximate surface area is 201 Å². The highest BCUT2D eigenvalue weighted by molar-refractivity contribution is 14.0. The Balaban J connectivity index is 0.00000341. The normalized spacial score (nSPS) is 12.7. The second kappa shape index (κ2) is 11.2. The van der Waals surface area contributed by atoms with Gasteiger partial charge in [-0.25, -0.2) is 4.99 Å². The molecule has 0 radical (unpaired) electrons. The predicted octanol–water partition coefficient (Wildman–Crippen LogP) is 3.82. The summed E-state index contributed by atoms with van der Waals surface area (Å²) in [6.45, 7) is 10.0. The monoisotopic (exact) mass is 538 g/mol. The molecule has 0 aliphatic carbocycles. The van der Waals surface area contributed by atoms with Crippen molar-refractivity contribution in [2.45, 2.75) is 46.3 Å². The summed E-state index contributed by atoms with van der Waals surface area (Å²) in [6.07, 6.45) is 0. The molecule has 0 aromatic heterocycles. The zero-order valence-corrected chi connectivity index (χ0v) is 20.8. The number of carbonyl (C=O) groups excluding carboxylic acids is 1. The second-order valence-corrected chi connectivity index (χ2v) is 8.14. The summed E-state index contributed by atoms with van der Waals surface area (Å²) in [4.78, 5) is 17.1. The molecule has 168 valence electrons. The molecule has 1 heterocycles. The zero-order valence-electron chi connectivity index (χ0n) is 18.5. The molecule has 0 saturated heterocycles. The van der Waals surface area contributed by atoms with Crippen LogP contribution in [0.2, 0.25) is 0 Å². The fourth-order valence-electron chi connectivity index (χ4n) is 2.97. The second-order valence-electron chi connectivity index (χ2n) is 8.14. The van der Waals surface area contributed by atoms with Crippen LogP contribution in [-0.2, 0) is 13.1 Å². The number of nitrogens with one attached hydrogen (secondary N) is 3. The van der Waals surface area contributed by atoms with Crippen LogP contribution in [0.4, 0.5) is 0 Å². The maximum atomic E-state index is 12.4. The molecule has 2 aromatic rings. The molecule has 1 aliphatic heterocycles. The number of ether oxygens (including phenoxy) is 2. The SMILES string of the molecule is CCNC(=NCc1cccc(C(=O)NC(C)(C)C)c1)NCc1ccc2c(c1)OCO2.I. The topological polar surface area (TPSA) is 84.0 Å². The van der Waals surface area contributed by atoms with Gasteiger partial charge in [0, 0.05) is 24.2 Å². The van der Waals surface area contributed by atoms with E-state index in [1.54, 1.807) is 0 Å². The Morgan fingerprint density at radius 2 is 1.81 bits per heavy atom. The number of guanidine groups is 1. The first kappa shape index (κ1) is 24.8. The van der Waals surface area contributed by atoms with Crippen molar-refractivity contribution in [1.29, 1.82) is 0 Å². The van der Waals surface area contributed by atoms with E-state index in [9.17, 15) is 4.79 Å². The van der Waals surface area contributed by atoms with Crippen molar-refractivity contribution < 1.29 is 14.3 Å². The minimum absolute atomic E-state index is 0. The number of benzene rings is 2. The van der Waals surface area contributed by atoms with E-state index in [4.69, 9.17) is 9.47 Å². The molecule has 0 bridgehead atoms. The van der Waals surface area contributed by atoms with Gasteiger partial charge in [-0.2, -0.15) is 0 Å². The highest BCUT2D eigenvalue weighted by atomic mass is 127. The first-order chi connectivity index (χ1) is 14.3. The van der Waals surface area contributed by atoms with Gasteiger partial charge in [-0.1, -0.05) is 18.2 Å². The maximum absolute atomic E-state index is 12.4. The fourth-order valence-corrected chi connectivity index (χ4v) is 2.97. The van der Waals surface area contributed by atoms with Gasteiger partial charge in [0.2, 0.25) is 6.79 Å². The Morgan fingerprint density at radius 3 is 2.55 bits per heavy atom. The number of hydrogen-bond acceptors (Lipinski definition) is 4. The number of hydrogen-bond donors (Lipinski definition) is 3. The van der Waals surface area contributed by atoms with Crippen molar-refractivity contribution in [3.63, 3.8) is 0 Å². The van der Waals surface area contributed by atoms with E-state index in [1.165, 1.54) is 0 Å². The van der Waals surface area contributed by atoms with Crippen molar-refractivity contribution >= 4 is 35.8 Å². The standard InChI is InChI=1S/C23H30N4O3.HI/c1-5-24-22(26-14-17-9-10-19-20(12-17)30-15-29-19)25-13-16-7-6-8-18(11-16)21(28)27-23(2,3)4;/h6-12H,5,13-15H2,1-4H3,(H,27,28)(H2,24,25,26);1H. The average Bonchev–Trinajstić information content (AvgIpc) is 3.17. The summed E-state index contributed by atoms with van der Waals surface area (Å²) < 4.78 is 10.8. The molecule has 0 atom stereocenters. The molecule has 0 unspecified atom stereocenters. The number of carbonyl (C=O) groups is 1. The maximum Gasteiger partial charge on any atom is 0.251 e. The van der Waals surface area contributed by atoms with E-state index in [1.807, 2.05) is 70.2 Å². The van der Waals surface area contributed by atoms with Crippen LogP contribution in [0.1, 0.15) is 49.2 Å². The lowest BCUT2D eigenvalue weighted by Gasteiger charge is -2.20. The Hall–Kier alpha value is -2.49. The van der Waals surface area contributed by atoms with Crippen molar-refractivity contribution in [2.24, 2.45) is 4.99 Å². The molecule has 0 spiro atoms. The van der Waals surface area contributed by atoms with E-state index in [2.05, 4.69) is 20.9 Å². The molecule has 1 aliphatic rings. The number of fused-ring (bicyclic) bond motifs is 1. The van der Waals surface area contributed by atoms with Crippen LogP contribution < -0.4 is 25.4 Å². The van der Waals surface area contributed by atoms with E-state index >= 15 is 0 Å². The van der Waals surface area contributed by atoms with Crippen molar-refractivity contribution in [2.75, 3.05) is 13.3 Å². The third kappa shape index (κ3) is 7.61. The third-order valence-electron chi connectivity index (χ3n) is 4.34. The van der Waals surface area contributed by atoms with Gasteiger partial charge < -0.3 is 25.4 Å². The van der Waals surface area contributed by atoms with Crippen LogP contribution in [0, 0.1) is 0 Å². The minimum atomic E-state index is -0.276. The van der Waals surface area contributed by atoms with Gasteiger partial charge in [0.25, 0.3) is 5.91 Å². The van der Waals surface area contributed by atoms with Crippen molar-refractivity contribution in [3.8, 4) is 11.5 Å². The van der Waals surface area contributed by atoms with Crippen molar-refractivity contribution in [3.05, 3.63) is 59.2 Å². The third-order valence-corrected chi connectivity index (χ3v) is 4.34. The Bertz CT molecular complexity index is 925. The largest absolute Gasteiger partial charge is 0.454 e. The quantitative estimate of drug-likeness (QED) is 0.296. The fraction of sp³-hybridized carbons (Fsp3) is 0.391. The van der Waals surface area contributed by atoms with E-state index in [0.29, 0.717) is 24.6 Å². The van der Waals surface area contributed by atoms with Gasteiger partial charge in [0.05, 0.1) is 6.54 Å². The highest BCUT2D eigenvalue weighted by Gasteiger charge is 2.15. The lowest BCUT2D eigenvalue weighted by Crippen LogP contribution is -2.40. The number of amides is 1. The van der Waals surface area contributed by atoms with Crippen LogP contribution in [0.25, 0.3) is 0 Å². The van der Waals surface area contributed by atoms with Gasteiger partial charge in [0.1, 0.15) is 0 Å². The van der Waals surface area contributed by atoms with Crippen LogP contribution in [0.5, 0.6) is 11.5 Å². The molecule has 31 heavy (non-hydrogen) atoms. The molecular weight excluding hydrogens is 507 g/mol. The zero-order chi connectivity index (χ0) is 21.6. The number of aliphatic imine (C=N–C) groups is 1. The summed E-state index contributed by atoms with van der Waals surface area (Å²) in [5, 5.41) is 9.56. The smallest absolute Gasteiger partial charge is 0.251 e. The molecule has 8 heteroatoms. The first-order valence-corrected chi connectivity index (χ1v) is 10.2. The van der Waals surface area contributed by atoms with Gasteiger partial charge in [-0.05, 0) is 63.1 Å². The van der Waals surface area contributed by atoms with Crippen LogP contribution in [0.15, 0.2) is 47.5 Å². The average molecular weight is 538 g/mol. The minimum Gasteiger partial charge on any atom is -0.454 e. The summed E-state index contributed by atoms with van der Waals surface area (Å²) in [5.74, 6) is 2.16. The Morgan fingerprint density at radius 1 is 1.03 bits per heavy atom. The molecule has 3 rings (SSSR count). The molecular formula is C23H31IN4O3. The summed E-state index contributed by atoms with van der Waals surface area (Å²) in [7, 11) is 0. The lowest BCUT2D eigenvalue weighted by molar-refractivity contribution is 0.0919. The van der Waals surface area contributed by atoms with E-state index < -0.39 is 0 Å². The van der Waals surface area contributed by atoms with Gasteiger partial charge in [-0.15, -0.1) is 24.0 Å². The van der Waals surface area contributed by atoms with Crippen LogP contribution in [0.3, 0.4) is 0 Å². The summed E-state index contributed by atoms with van der Waals surface area (Å²) in [5.41, 5.74) is 2.40. The predicted molar refractivity (Wildman–Crippen MR) is 133 cm³/mol. The van der Waals surface area contributed by atoms with Gasteiger partial charge in [0.15, 0.2) is 17.5 Å². The molecule has 3 N–H and O–H groups in total. The number of nitrogens with zero attached hydrogens (tertiary/aromatic N) is 1. The number of rotatable bonds is 6. The van der Waals surface area contributed by atoms with E-state index in [-0.39, 0.29) is 42.2 Å². The van der Waals surface area contributed by atoms with E-state index in [0.717, 1.165) is 29.2 Å². The molecule has 0 saturated carbocycles. The molecule has 1 amide bonds.